The van der Waals surface area contributed by atoms with Crippen molar-refractivity contribution in [3.8, 4) is 0 Å². The number of ether oxygens (including phenoxy) is 1. The number of esters is 1. The molecule has 0 aliphatic rings. The summed E-state index contributed by atoms with van der Waals surface area (Å²) in [6.45, 7) is 3.49. The number of carbonyl (C=O) groups is 2. The summed E-state index contributed by atoms with van der Waals surface area (Å²) in [5, 5.41) is 39.6. The van der Waals surface area contributed by atoms with Crippen molar-refractivity contribution in [2.45, 2.75) is 128 Å². The molecule has 0 aliphatic heterocycles. The molecule has 0 bridgehead atoms. The molecule has 0 fully saturated rings. The van der Waals surface area contributed by atoms with Crippen molar-refractivity contribution in [2.75, 3.05) is 6.61 Å². The Labute approximate surface area is 181 Å². The van der Waals surface area contributed by atoms with Crippen LogP contribution in [0.1, 0.15) is 104 Å². The molecule has 0 saturated heterocycles. The Morgan fingerprint density at radius 1 is 0.733 bits per heavy atom. The number of aliphatic hydroxyl groups is 4. The first-order valence-corrected chi connectivity index (χ1v) is 11.8. The van der Waals surface area contributed by atoms with Gasteiger partial charge in [0.05, 0.1) is 6.61 Å². The van der Waals surface area contributed by atoms with Crippen molar-refractivity contribution in [1.82, 2.24) is 0 Å². The van der Waals surface area contributed by atoms with Gasteiger partial charge in [-0.15, -0.1) is 0 Å². The summed E-state index contributed by atoms with van der Waals surface area (Å²) in [6, 6.07) is 0. The fourth-order valence-electron chi connectivity index (χ4n) is 3.34. The van der Waals surface area contributed by atoms with Crippen LogP contribution in [0.25, 0.3) is 0 Å². The van der Waals surface area contributed by atoms with Crippen LogP contribution in [-0.2, 0) is 14.3 Å². The second kappa shape index (κ2) is 18.7. The first-order chi connectivity index (χ1) is 14.4. The minimum atomic E-state index is -1.78. The zero-order valence-corrected chi connectivity index (χ0v) is 18.9. The van der Waals surface area contributed by atoms with Gasteiger partial charge in [0.25, 0.3) is 0 Å². The fourth-order valence-corrected chi connectivity index (χ4v) is 3.34. The standard InChI is InChI=1S/C23H44O7/c1-3-5-7-9-11-13-15-18(25)21(28)22(29)23(19(26)17-24)30-20(27)16-14-12-10-8-6-4-2/h19,21-24,26,28-29H,3-17H2,1-2H3/t19-,21?,22+,23+/m1/s1. The van der Waals surface area contributed by atoms with Crippen LogP contribution in [0, 0.1) is 0 Å². The van der Waals surface area contributed by atoms with Crippen LogP contribution in [0.4, 0.5) is 0 Å². The van der Waals surface area contributed by atoms with E-state index in [1.807, 2.05) is 0 Å². The topological polar surface area (TPSA) is 124 Å². The lowest BCUT2D eigenvalue weighted by Crippen LogP contribution is -2.50. The normalized spacial score (nSPS) is 15.4. The smallest absolute Gasteiger partial charge is 0.306 e. The van der Waals surface area contributed by atoms with E-state index in [2.05, 4.69) is 13.8 Å². The fraction of sp³-hybridized carbons (Fsp3) is 0.913. The molecule has 0 spiro atoms. The molecule has 0 amide bonds. The molecule has 0 aliphatic carbocycles. The molecule has 0 aromatic carbocycles. The molecule has 1 unspecified atom stereocenters. The summed E-state index contributed by atoms with van der Waals surface area (Å²) in [5.41, 5.74) is 0. The summed E-state index contributed by atoms with van der Waals surface area (Å²) in [4.78, 5) is 24.2. The Hall–Kier alpha value is -1.02. The third-order valence-electron chi connectivity index (χ3n) is 5.33. The minimum absolute atomic E-state index is 0.109. The van der Waals surface area contributed by atoms with Crippen LogP contribution in [-0.4, -0.2) is 63.2 Å². The van der Waals surface area contributed by atoms with E-state index in [0.29, 0.717) is 12.8 Å². The quantitative estimate of drug-likeness (QED) is 0.172. The van der Waals surface area contributed by atoms with Gasteiger partial charge in [0, 0.05) is 12.8 Å². The molecule has 178 valence electrons. The van der Waals surface area contributed by atoms with E-state index in [1.54, 1.807) is 0 Å². The summed E-state index contributed by atoms with van der Waals surface area (Å²) >= 11 is 0. The van der Waals surface area contributed by atoms with Crippen LogP contribution < -0.4 is 0 Å². The van der Waals surface area contributed by atoms with Gasteiger partial charge in [-0.2, -0.15) is 0 Å². The average Bonchev–Trinajstić information content (AvgIpc) is 2.75. The molecule has 0 saturated carbocycles. The van der Waals surface area contributed by atoms with Gasteiger partial charge in [0.1, 0.15) is 18.3 Å². The Morgan fingerprint density at radius 2 is 1.20 bits per heavy atom. The Balaban J connectivity index is 4.47. The lowest BCUT2D eigenvalue weighted by atomic mass is 9.97. The highest BCUT2D eigenvalue weighted by molar-refractivity contribution is 5.83. The number of carbonyl (C=O) groups excluding carboxylic acids is 2. The van der Waals surface area contributed by atoms with Crippen LogP contribution in [0.2, 0.25) is 0 Å². The summed E-state index contributed by atoms with van der Waals surface area (Å²) in [6.07, 6.45) is 5.37. The molecule has 0 aromatic heterocycles. The highest BCUT2D eigenvalue weighted by Gasteiger charge is 2.37. The van der Waals surface area contributed by atoms with E-state index in [1.165, 1.54) is 0 Å². The van der Waals surface area contributed by atoms with Gasteiger partial charge in [-0.05, 0) is 12.8 Å². The first-order valence-electron chi connectivity index (χ1n) is 11.8. The maximum absolute atomic E-state index is 12.2. The van der Waals surface area contributed by atoms with Gasteiger partial charge in [-0.25, -0.2) is 0 Å². The van der Waals surface area contributed by atoms with E-state index in [9.17, 15) is 30.0 Å². The largest absolute Gasteiger partial charge is 0.457 e. The number of hydrogen-bond acceptors (Lipinski definition) is 7. The van der Waals surface area contributed by atoms with Crippen molar-refractivity contribution in [2.24, 2.45) is 0 Å². The van der Waals surface area contributed by atoms with E-state index in [-0.39, 0.29) is 12.8 Å². The maximum Gasteiger partial charge on any atom is 0.306 e. The van der Waals surface area contributed by atoms with Crippen LogP contribution in [0.15, 0.2) is 0 Å². The molecule has 4 atom stereocenters. The molecular weight excluding hydrogens is 388 g/mol. The van der Waals surface area contributed by atoms with Crippen molar-refractivity contribution >= 4 is 11.8 Å². The van der Waals surface area contributed by atoms with E-state index < -0.39 is 42.8 Å². The van der Waals surface area contributed by atoms with Gasteiger partial charge >= 0.3 is 5.97 Å². The summed E-state index contributed by atoms with van der Waals surface area (Å²) < 4.78 is 5.12. The van der Waals surface area contributed by atoms with E-state index >= 15 is 0 Å². The van der Waals surface area contributed by atoms with Crippen molar-refractivity contribution in [1.29, 1.82) is 0 Å². The van der Waals surface area contributed by atoms with Gasteiger partial charge in [0.2, 0.25) is 0 Å². The zero-order valence-electron chi connectivity index (χ0n) is 18.9. The molecule has 0 heterocycles. The maximum atomic E-state index is 12.2. The number of rotatable bonds is 20. The molecule has 4 N–H and O–H groups in total. The highest BCUT2D eigenvalue weighted by Crippen LogP contribution is 2.16. The van der Waals surface area contributed by atoms with Crippen LogP contribution in [0.5, 0.6) is 0 Å². The summed E-state index contributed by atoms with van der Waals surface area (Å²) in [5.74, 6) is -1.18. The van der Waals surface area contributed by atoms with Crippen LogP contribution in [0.3, 0.4) is 0 Å². The molecule has 7 nitrogen and oxygen atoms in total. The minimum Gasteiger partial charge on any atom is -0.457 e. The van der Waals surface area contributed by atoms with Crippen molar-refractivity contribution in [3.63, 3.8) is 0 Å². The lowest BCUT2D eigenvalue weighted by Gasteiger charge is -2.29. The second-order valence-electron chi connectivity index (χ2n) is 8.14. The molecule has 7 heteroatoms. The van der Waals surface area contributed by atoms with Crippen molar-refractivity contribution in [3.05, 3.63) is 0 Å². The van der Waals surface area contributed by atoms with Gasteiger partial charge in [-0.3, -0.25) is 9.59 Å². The molecule has 0 radical (unpaired) electrons. The van der Waals surface area contributed by atoms with Gasteiger partial charge < -0.3 is 25.2 Å². The van der Waals surface area contributed by atoms with Crippen LogP contribution >= 0.6 is 0 Å². The SMILES string of the molecule is CCCCCCCCC(=O)O[C@@H]([C@H](O)CO)[C@@H](O)C(O)C(=O)CCCCCCCC. The van der Waals surface area contributed by atoms with E-state index in [4.69, 9.17) is 4.74 Å². The Bertz CT molecular complexity index is 441. The lowest BCUT2D eigenvalue weighted by molar-refractivity contribution is -0.177. The predicted molar refractivity (Wildman–Crippen MR) is 116 cm³/mol. The summed E-state index contributed by atoms with van der Waals surface area (Å²) in [7, 11) is 0. The predicted octanol–water partition coefficient (Wildman–Crippen LogP) is 3.04. The number of unbranched alkanes of at least 4 members (excludes halogenated alkanes) is 10. The highest BCUT2D eigenvalue weighted by atomic mass is 16.6. The molecule has 30 heavy (non-hydrogen) atoms. The first kappa shape index (κ1) is 29.0. The number of aliphatic hydroxyl groups excluding tert-OH is 4. The Morgan fingerprint density at radius 3 is 1.70 bits per heavy atom. The van der Waals surface area contributed by atoms with Crippen molar-refractivity contribution < 1.29 is 34.8 Å². The Kier molecular flexibility index (Phi) is 18.1. The molecule has 0 rings (SSSR count). The van der Waals surface area contributed by atoms with Gasteiger partial charge in [0.15, 0.2) is 11.9 Å². The molecular formula is C23H44O7. The number of hydrogen-bond donors (Lipinski definition) is 4. The molecule has 0 aromatic rings. The zero-order chi connectivity index (χ0) is 22.8. The second-order valence-corrected chi connectivity index (χ2v) is 8.14. The third-order valence-corrected chi connectivity index (χ3v) is 5.33. The van der Waals surface area contributed by atoms with Gasteiger partial charge in [-0.1, -0.05) is 78.1 Å². The number of Topliss-reactive ketones (excluding diaryl/α,β-unsaturated/α-hetero) is 1. The average molecular weight is 433 g/mol. The monoisotopic (exact) mass is 432 g/mol. The third kappa shape index (κ3) is 13.3. The van der Waals surface area contributed by atoms with E-state index in [0.717, 1.165) is 64.2 Å². The number of ketones is 1.